The summed E-state index contributed by atoms with van der Waals surface area (Å²) < 4.78 is 0. The minimum absolute atomic E-state index is 0.0767. The zero-order valence-electron chi connectivity index (χ0n) is 11.5. The lowest BCUT2D eigenvalue weighted by molar-refractivity contribution is -0.130. The molecule has 0 aliphatic heterocycles. The molecule has 0 atom stereocenters. The molecule has 1 fully saturated rings. The Kier molecular flexibility index (Phi) is 4.99. The van der Waals surface area contributed by atoms with Gasteiger partial charge in [0.05, 0.1) is 0 Å². The molecule has 0 radical (unpaired) electrons. The van der Waals surface area contributed by atoms with Gasteiger partial charge in [0.25, 0.3) is 0 Å². The Morgan fingerprint density at radius 3 is 2.47 bits per heavy atom. The average Bonchev–Trinajstić information content (AvgIpc) is 2.72. The number of hydrogen-bond donors (Lipinski definition) is 2. The summed E-state index contributed by atoms with van der Waals surface area (Å²) in [6, 6.07) is 0. The normalized spacial score (nSPS) is 19.3. The summed E-state index contributed by atoms with van der Waals surface area (Å²) >= 11 is 0. The second kappa shape index (κ2) is 5.85. The van der Waals surface area contributed by atoms with E-state index in [2.05, 4.69) is 26.1 Å². The van der Waals surface area contributed by atoms with Crippen molar-refractivity contribution in [1.82, 2.24) is 5.32 Å². The third-order valence-corrected chi connectivity index (χ3v) is 3.99. The van der Waals surface area contributed by atoms with Gasteiger partial charge < -0.3 is 10.4 Å². The first kappa shape index (κ1) is 14.5. The summed E-state index contributed by atoms with van der Waals surface area (Å²) in [5.74, 6) is 0.215. The van der Waals surface area contributed by atoms with E-state index >= 15 is 0 Å². The Morgan fingerprint density at radius 2 is 1.94 bits per heavy atom. The Balaban J connectivity index is 2.36. The molecule has 1 aliphatic carbocycles. The molecular weight excluding hydrogens is 214 g/mol. The van der Waals surface area contributed by atoms with Crippen molar-refractivity contribution in [2.45, 2.75) is 59.3 Å². The molecule has 0 saturated heterocycles. The van der Waals surface area contributed by atoms with Crippen molar-refractivity contribution in [2.24, 2.45) is 10.8 Å². The van der Waals surface area contributed by atoms with Crippen molar-refractivity contribution in [3.05, 3.63) is 0 Å². The first-order valence-corrected chi connectivity index (χ1v) is 6.79. The zero-order valence-corrected chi connectivity index (χ0v) is 11.5. The lowest BCUT2D eigenvalue weighted by Crippen LogP contribution is -2.41. The third kappa shape index (κ3) is 4.30. The van der Waals surface area contributed by atoms with Crippen LogP contribution in [0.3, 0.4) is 0 Å². The number of rotatable bonds is 6. The van der Waals surface area contributed by atoms with Crippen molar-refractivity contribution in [1.29, 1.82) is 0 Å². The minimum Gasteiger partial charge on any atom is -0.396 e. The van der Waals surface area contributed by atoms with E-state index in [4.69, 9.17) is 5.11 Å². The predicted molar refractivity (Wildman–Crippen MR) is 69.7 cm³/mol. The Bertz CT molecular complexity index is 255. The molecule has 0 heterocycles. The van der Waals surface area contributed by atoms with Gasteiger partial charge in [-0.15, -0.1) is 0 Å². The number of carbonyl (C=O) groups is 1. The van der Waals surface area contributed by atoms with Crippen molar-refractivity contribution in [3.8, 4) is 0 Å². The minimum atomic E-state index is -0.132. The smallest absolute Gasteiger partial charge is 0.225 e. The highest BCUT2D eigenvalue weighted by molar-refractivity contribution is 5.82. The van der Waals surface area contributed by atoms with Gasteiger partial charge in [-0.05, 0) is 31.1 Å². The molecule has 100 valence electrons. The van der Waals surface area contributed by atoms with Gasteiger partial charge in [-0.3, -0.25) is 4.79 Å². The standard InChI is InChI=1S/C14H27NO2/c1-13(2,7-6-10-16)11-15-12(17)14(3)8-4-5-9-14/h16H,4-11H2,1-3H3,(H,15,17). The van der Waals surface area contributed by atoms with E-state index < -0.39 is 0 Å². The van der Waals surface area contributed by atoms with Crippen molar-refractivity contribution in [3.63, 3.8) is 0 Å². The van der Waals surface area contributed by atoms with E-state index in [0.717, 1.165) is 25.7 Å². The van der Waals surface area contributed by atoms with Crippen LogP contribution in [-0.2, 0) is 4.79 Å². The molecule has 3 heteroatoms. The van der Waals surface area contributed by atoms with Crippen LogP contribution in [0.15, 0.2) is 0 Å². The number of hydrogen-bond acceptors (Lipinski definition) is 2. The number of carbonyl (C=O) groups excluding carboxylic acids is 1. The summed E-state index contributed by atoms with van der Waals surface area (Å²) in [6.07, 6.45) is 6.15. The maximum Gasteiger partial charge on any atom is 0.225 e. The molecule has 17 heavy (non-hydrogen) atoms. The van der Waals surface area contributed by atoms with Crippen LogP contribution >= 0.6 is 0 Å². The maximum absolute atomic E-state index is 12.1. The number of nitrogens with one attached hydrogen (secondary N) is 1. The highest BCUT2D eigenvalue weighted by Gasteiger charge is 2.36. The van der Waals surface area contributed by atoms with E-state index in [1.807, 2.05) is 0 Å². The molecular formula is C14H27NO2. The van der Waals surface area contributed by atoms with Crippen molar-refractivity contribution >= 4 is 5.91 Å². The maximum atomic E-state index is 12.1. The summed E-state index contributed by atoms with van der Waals surface area (Å²) in [7, 11) is 0. The summed E-state index contributed by atoms with van der Waals surface area (Å²) in [4.78, 5) is 12.1. The predicted octanol–water partition coefficient (Wildman–Crippen LogP) is 2.48. The molecule has 0 bridgehead atoms. The van der Waals surface area contributed by atoms with Crippen LogP contribution in [0.25, 0.3) is 0 Å². The van der Waals surface area contributed by atoms with Gasteiger partial charge in [0, 0.05) is 18.6 Å². The van der Waals surface area contributed by atoms with Crippen LogP contribution in [0.1, 0.15) is 59.3 Å². The van der Waals surface area contributed by atoms with Gasteiger partial charge in [0.2, 0.25) is 5.91 Å². The highest BCUT2D eigenvalue weighted by Crippen LogP contribution is 2.37. The largest absolute Gasteiger partial charge is 0.396 e. The monoisotopic (exact) mass is 241 g/mol. The first-order chi connectivity index (χ1) is 7.90. The summed E-state index contributed by atoms with van der Waals surface area (Å²) in [5.41, 5.74) is -0.0551. The average molecular weight is 241 g/mol. The topological polar surface area (TPSA) is 49.3 Å². The van der Waals surface area contributed by atoms with Gasteiger partial charge in [-0.2, -0.15) is 0 Å². The fraction of sp³-hybridized carbons (Fsp3) is 0.929. The Morgan fingerprint density at radius 1 is 1.35 bits per heavy atom. The summed E-state index contributed by atoms with van der Waals surface area (Å²) in [5, 5.41) is 11.9. The fourth-order valence-corrected chi connectivity index (χ4v) is 2.56. The van der Waals surface area contributed by atoms with Crippen molar-refractivity contribution < 1.29 is 9.90 Å². The van der Waals surface area contributed by atoms with E-state index in [1.165, 1.54) is 12.8 Å². The van der Waals surface area contributed by atoms with Gasteiger partial charge in [0.15, 0.2) is 0 Å². The molecule has 1 saturated carbocycles. The molecule has 1 rings (SSSR count). The van der Waals surface area contributed by atoms with Crippen LogP contribution in [0.2, 0.25) is 0 Å². The van der Waals surface area contributed by atoms with E-state index in [9.17, 15) is 4.79 Å². The van der Waals surface area contributed by atoms with Gasteiger partial charge in [-0.1, -0.05) is 33.6 Å². The molecule has 1 aliphatic rings. The van der Waals surface area contributed by atoms with Gasteiger partial charge in [-0.25, -0.2) is 0 Å². The molecule has 0 aromatic carbocycles. The van der Waals surface area contributed by atoms with Crippen LogP contribution in [0.5, 0.6) is 0 Å². The highest BCUT2D eigenvalue weighted by atomic mass is 16.2. The van der Waals surface area contributed by atoms with Gasteiger partial charge in [0.1, 0.15) is 0 Å². The van der Waals surface area contributed by atoms with E-state index in [0.29, 0.717) is 6.54 Å². The number of aliphatic hydroxyl groups excluding tert-OH is 1. The first-order valence-electron chi connectivity index (χ1n) is 6.79. The van der Waals surface area contributed by atoms with Crippen LogP contribution in [0.4, 0.5) is 0 Å². The Hall–Kier alpha value is -0.570. The summed E-state index contributed by atoms with van der Waals surface area (Å²) in [6.45, 7) is 7.30. The van der Waals surface area contributed by atoms with E-state index in [-0.39, 0.29) is 23.3 Å². The second-order valence-electron chi connectivity index (χ2n) is 6.44. The lowest BCUT2D eigenvalue weighted by Gasteiger charge is -2.28. The van der Waals surface area contributed by atoms with E-state index in [1.54, 1.807) is 0 Å². The Labute approximate surface area is 105 Å². The van der Waals surface area contributed by atoms with Crippen LogP contribution < -0.4 is 5.32 Å². The molecule has 3 nitrogen and oxygen atoms in total. The lowest BCUT2D eigenvalue weighted by atomic mass is 9.85. The SMILES string of the molecule is CC(C)(CCCO)CNC(=O)C1(C)CCCC1. The second-order valence-corrected chi connectivity index (χ2v) is 6.44. The molecule has 0 aromatic heterocycles. The zero-order chi connectivity index (χ0) is 12.9. The van der Waals surface area contributed by atoms with Crippen molar-refractivity contribution in [2.75, 3.05) is 13.2 Å². The quantitative estimate of drug-likeness (QED) is 0.750. The number of aliphatic hydroxyl groups is 1. The van der Waals surface area contributed by atoms with Gasteiger partial charge >= 0.3 is 0 Å². The molecule has 0 aromatic rings. The number of amides is 1. The fourth-order valence-electron chi connectivity index (χ4n) is 2.56. The van der Waals surface area contributed by atoms with Crippen LogP contribution in [-0.4, -0.2) is 24.2 Å². The third-order valence-electron chi connectivity index (χ3n) is 3.99. The molecule has 0 unspecified atom stereocenters. The van der Waals surface area contributed by atoms with Crippen LogP contribution in [0, 0.1) is 10.8 Å². The molecule has 2 N–H and O–H groups in total. The molecule has 0 spiro atoms. The molecule has 1 amide bonds.